The summed E-state index contributed by atoms with van der Waals surface area (Å²) in [5, 5.41) is 0.508. The molecule has 0 atom stereocenters. The molecule has 2 N–H and O–H groups in total. The fourth-order valence-electron chi connectivity index (χ4n) is 1.47. The average molecular weight is 249 g/mol. The molecule has 0 aliphatic rings. The number of nitrogens with zero attached hydrogens (tertiary/aromatic N) is 2. The van der Waals surface area contributed by atoms with Gasteiger partial charge in [0.05, 0.1) is 17.7 Å². The third-order valence-corrected chi connectivity index (χ3v) is 3.27. The molecule has 0 fully saturated rings. The maximum atomic E-state index is 11.4. The predicted octanol–water partition coefficient (Wildman–Crippen LogP) is 1.88. The van der Waals surface area contributed by atoms with Crippen LogP contribution >= 0.6 is 11.3 Å². The Balaban J connectivity index is 2.46. The minimum Gasteiger partial charge on any atom is -0.464 e. The Kier molecular flexibility index (Phi) is 3.06. The van der Waals surface area contributed by atoms with Crippen molar-refractivity contribution in [3.63, 3.8) is 0 Å². The second-order valence-corrected chi connectivity index (χ2v) is 4.42. The van der Waals surface area contributed by atoms with Crippen LogP contribution in [0.4, 0.5) is 5.13 Å². The molecule has 0 aromatic carbocycles. The Morgan fingerprint density at radius 1 is 1.53 bits per heavy atom. The first-order chi connectivity index (χ1) is 8.11. The number of aromatic nitrogens is 2. The Labute approximate surface area is 102 Å². The zero-order valence-electron chi connectivity index (χ0n) is 9.43. The van der Waals surface area contributed by atoms with Gasteiger partial charge in [0.1, 0.15) is 5.69 Å². The summed E-state index contributed by atoms with van der Waals surface area (Å²) in [6, 6.07) is 3.48. The molecule has 2 heterocycles. The highest BCUT2D eigenvalue weighted by Crippen LogP contribution is 2.31. The van der Waals surface area contributed by atoms with Crippen LogP contribution < -0.4 is 5.73 Å². The molecule has 6 heteroatoms. The van der Waals surface area contributed by atoms with E-state index in [1.807, 2.05) is 13.0 Å². The molecule has 0 amide bonds. The maximum absolute atomic E-state index is 11.4. The number of esters is 1. The number of carbonyl (C=O) groups is 1. The van der Waals surface area contributed by atoms with Crippen LogP contribution in [0.15, 0.2) is 18.3 Å². The van der Waals surface area contributed by atoms with Gasteiger partial charge in [0, 0.05) is 6.20 Å². The molecule has 2 aromatic heterocycles. The molecule has 2 aromatic rings. The zero-order chi connectivity index (χ0) is 12.4. The smallest absolute Gasteiger partial charge is 0.356 e. The lowest BCUT2D eigenvalue weighted by atomic mass is 10.2. The van der Waals surface area contributed by atoms with Crippen molar-refractivity contribution < 1.29 is 9.53 Å². The summed E-state index contributed by atoms with van der Waals surface area (Å²) >= 11 is 1.38. The Morgan fingerprint density at radius 2 is 2.29 bits per heavy atom. The van der Waals surface area contributed by atoms with Crippen LogP contribution in [0.2, 0.25) is 0 Å². The van der Waals surface area contributed by atoms with Gasteiger partial charge in [0.2, 0.25) is 0 Å². The summed E-state index contributed by atoms with van der Waals surface area (Å²) in [5.74, 6) is -0.456. The molecular weight excluding hydrogens is 238 g/mol. The number of hydrogen-bond donors (Lipinski definition) is 1. The number of methoxy groups -OCH3 is 1. The van der Waals surface area contributed by atoms with E-state index in [-0.39, 0.29) is 5.69 Å². The van der Waals surface area contributed by atoms with Crippen molar-refractivity contribution in [2.45, 2.75) is 6.92 Å². The fourth-order valence-corrected chi connectivity index (χ4v) is 2.30. The lowest BCUT2D eigenvalue weighted by molar-refractivity contribution is 0.0594. The summed E-state index contributed by atoms with van der Waals surface area (Å²) < 4.78 is 4.62. The first-order valence-corrected chi connectivity index (χ1v) is 5.71. The van der Waals surface area contributed by atoms with Crippen LogP contribution in [0.3, 0.4) is 0 Å². The normalized spacial score (nSPS) is 10.2. The van der Waals surface area contributed by atoms with Crippen LogP contribution in [-0.2, 0) is 4.74 Å². The maximum Gasteiger partial charge on any atom is 0.356 e. The lowest BCUT2D eigenvalue weighted by Gasteiger charge is -2.01. The van der Waals surface area contributed by atoms with E-state index in [0.29, 0.717) is 5.13 Å². The van der Waals surface area contributed by atoms with E-state index in [0.717, 1.165) is 16.1 Å². The number of anilines is 1. The van der Waals surface area contributed by atoms with Gasteiger partial charge in [-0.1, -0.05) is 11.3 Å². The highest BCUT2D eigenvalue weighted by Gasteiger charge is 2.12. The zero-order valence-corrected chi connectivity index (χ0v) is 10.2. The number of rotatable bonds is 2. The van der Waals surface area contributed by atoms with E-state index >= 15 is 0 Å². The second-order valence-electron chi connectivity index (χ2n) is 3.39. The molecule has 0 bridgehead atoms. The van der Waals surface area contributed by atoms with Gasteiger partial charge < -0.3 is 10.5 Å². The number of nitrogen functional groups attached to an aromatic ring is 1. The van der Waals surface area contributed by atoms with Gasteiger partial charge in [0.25, 0.3) is 0 Å². The molecule has 2 rings (SSSR count). The minimum absolute atomic E-state index is 0.274. The lowest BCUT2D eigenvalue weighted by Crippen LogP contribution is -2.03. The van der Waals surface area contributed by atoms with Gasteiger partial charge in [0.15, 0.2) is 5.13 Å². The van der Waals surface area contributed by atoms with E-state index < -0.39 is 5.97 Å². The van der Waals surface area contributed by atoms with Crippen molar-refractivity contribution in [1.82, 2.24) is 9.97 Å². The van der Waals surface area contributed by atoms with Gasteiger partial charge in [-0.15, -0.1) is 0 Å². The molecule has 0 spiro atoms. The molecule has 88 valence electrons. The van der Waals surface area contributed by atoms with E-state index in [4.69, 9.17) is 5.73 Å². The summed E-state index contributed by atoms with van der Waals surface area (Å²) in [6.07, 6.45) is 1.57. The summed E-state index contributed by atoms with van der Waals surface area (Å²) in [6.45, 7) is 1.88. The van der Waals surface area contributed by atoms with E-state index in [1.54, 1.807) is 12.3 Å². The van der Waals surface area contributed by atoms with Crippen molar-refractivity contribution in [3.8, 4) is 10.4 Å². The molecule has 5 nitrogen and oxygen atoms in total. The standard InChI is InChI=1S/C11H11N3O2S/c1-6-9(17-11(12)14-6)7-3-4-13-8(5-7)10(15)16-2/h3-5H,1-2H3,(H2,12,14). The van der Waals surface area contributed by atoms with Gasteiger partial charge in [-0.25, -0.2) is 14.8 Å². The molecule has 0 saturated carbocycles. The topological polar surface area (TPSA) is 78.1 Å². The van der Waals surface area contributed by atoms with Crippen molar-refractivity contribution >= 4 is 22.4 Å². The number of pyridine rings is 1. The number of nitrogens with two attached hydrogens (primary N) is 1. The van der Waals surface area contributed by atoms with E-state index in [9.17, 15) is 4.79 Å². The van der Waals surface area contributed by atoms with Crippen LogP contribution in [0.25, 0.3) is 10.4 Å². The number of hydrogen-bond acceptors (Lipinski definition) is 6. The molecule has 0 saturated heterocycles. The average Bonchev–Trinajstić information content (AvgIpc) is 2.67. The summed E-state index contributed by atoms with van der Waals surface area (Å²) in [5.41, 5.74) is 7.63. The van der Waals surface area contributed by atoms with Crippen molar-refractivity contribution in [1.29, 1.82) is 0 Å². The summed E-state index contributed by atoms with van der Waals surface area (Å²) in [7, 11) is 1.33. The highest BCUT2D eigenvalue weighted by molar-refractivity contribution is 7.18. The Bertz CT molecular complexity index is 566. The van der Waals surface area contributed by atoms with Crippen LogP contribution in [0.1, 0.15) is 16.2 Å². The van der Waals surface area contributed by atoms with Crippen LogP contribution in [-0.4, -0.2) is 23.0 Å². The van der Waals surface area contributed by atoms with Gasteiger partial charge in [-0.2, -0.15) is 0 Å². The van der Waals surface area contributed by atoms with Gasteiger partial charge in [-0.05, 0) is 24.6 Å². The van der Waals surface area contributed by atoms with E-state index in [2.05, 4.69) is 14.7 Å². The number of ether oxygens (including phenoxy) is 1. The largest absolute Gasteiger partial charge is 0.464 e. The first kappa shape index (κ1) is 11.5. The number of carbonyl (C=O) groups excluding carboxylic acids is 1. The number of thiazole rings is 1. The van der Waals surface area contributed by atoms with Crippen molar-refractivity contribution in [2.75, 3.05) is 12.8 Å². The van der Waals surface area contributed by atoms with Crippen molar-refractivity contribution in [3.05, 3.63) is 29.7 Å². The quantitative estimate of drug-likeness (QED) is 0.822. The van der Waals surface area contributed by atoms with E-state index in [1.165, 1.54) is 18.4 Å². The van der Waals surface area contributed by atoms with Gasteiger partial charge >= 0.3 is 5.97 Å². The molecule has 0 unspecified atom stereocenters. The Hall–Kier alpha value is -1.95. The fraction of sp³-hybridized carbons (Fsp3) is 0.182. The monoisotopic (exact) mass is 249 g/mol. The van der Waals surface area contributed by atoms with Crippen molar-refractivity contribution in [2.24, 2.45) is 0 Å². The predicted molar refractivity (Wildman–Crippen MR) is 65.8 cm³/mol. The number of aryl methyl sites for hydroxylation is 1. The molecule has 0 radical (unpaired) electrons. The third kappa shape index (κ3) is 2.26. The second kappa shape index (κ2) is 4.50. The molecular formula is C11H11N3O2S. The third-order valence-electron chi connectivity index (χ3n) is 2.23. The van der Waals surface area contributed by atoms with Crippen LogP contribution in [0.5, 0.6) is 0 Å². The Morgan fingerprint density at radius 3 is 2.88 bits per heavy atom. The minimum atomic E-state index is -0.456. The first-order valence-electron chi connectivity index (χ1n) is 4.89. The summed E-state index contributed by atoms with van der Waals surface area (Å²) in [4.78, 5) is 20.4. The highest BCUT2D eigenvalue weighted by atomic mass is 32.1. The molecule has 0 aliphatic heterocycles. The molecule has 0 aliphatic carbocycles. The SMILES string of the molecule is COC(=O)c1cc(-c2sc(N)nc2C)ccn1. The molecule has 17 heavy (non-hydrogen) atoms. The van der Waals surface area contributed by atoms with Gasteiger partial charge in [-0.3, -0.25) is 0 Å². The van der Waals surface area contributed by atoms with Crippen LogP contribution in [0, 0.1) is 6.92 Å².